The molecule has 0 saturated heterocycles. The number of benzene rings is 1. The Bertz CT molecular complexity index is 705. The molecule has 0 aliphatic carbocycles. The molecular formula is C15H14N4. The highest BCUT2D eigenvalue weighted by Crippen LogP contribution is 2.21. The smallest absolute Gasteiger partial charge is 0.108 e. The molecule has 4 nitrogen and oxygen atoms in total. The van der Waals surface area contributed by atoms with E-state index in [4.69, 9.17) is 0 Å². The number of aromatic nitrogens is 3. The molecular weight excluding hydrogens is 236 g/mol. The van der Waals surface area contributed by atoms with Crippen molar-refractivity contribution in [3.05, 3.63) is 48.9 Å². The zero-order valence-electron chi connectivity index (χ0n) is 10.9. The van der Waals surface area contributed by atoms with Gasteiger partial charge < -0.3 is 4.90 Å². The maximum absolute atomic E-state index is 4.58. The highest BCUT2D eigenvalue weighted by atomic mass is 15.1. The topological polar surface area (TPSA) is 41.9 Å². The molecule has 0 atom stereocenters. The van der Waals surface area contributed by atoms with E-state index in [9.17, 15) is 0 Å². The summed E-state index contributed by atoms with van der Waals surface area (Å²) in [5, 5.41) is 0. The summed E-state index contributed by atoms with van der Waals surface area (Å²) >= 11 is 0. The molecule has 3 rings (SSSR count). The van der Waals surface area contributed by atoms with E-state index in [0.29, 0.717) is 0 Å². The van der Waals surface area contributed by atoms with Gasteiger partial charge in [0.25, 0.3) is 0 Å². The van der Waals surface area contributed by atoms with Crippen LogP contribution in [0.15, 0.2) is 48.9 Å². The lowest BCUT2D eigenvalue weighted by Gasteiger charge is -2.12. The molecule has 94 valence electrons. The second kappa shape index (κ2) is 4.65. The lowest BCUT2D eigenvalue weighted by Crippen LogP contribution is -2.07. The molecule has 3 aromatic rings. The molecule has 0 N–H and O–H groups in total. The van der Waals surface area contributed by atoms with Crippen LogP contribution in [0.2, 0.25) is 0 Å². The van der Waals surface area contributed by atoms with Crippen LogP contribution in [0.5, 0.6) is 0 Å². The van der Waals surface area contributed by atoms with Gasteiger partial charge in [0.2, 0.25) is 0 Å². The first-order chi connectivity index (χ1) is 9.24. The summed E-state index contributed by atoms with van der Waals surface area (Å²) in [6.45, 7) is 0. The molecule has 0 fully saturated rings. The van der Waals surface area contributed by atoms with Crippen LogP contribution in [0, 0.1) is 0 Å². The number of rotatable bonds is 2. The second-order valence-electron chi connectivity index (χ2n) is 4.56. The number of nitrogens with zero attached hydrogens (tertiary/aromatic N) is 4. The van der Waals surface area contributed by atoms with Crippen molar-refractivity contribution >= 4 is 16.7 Å². The number of fused-ring (bicyclic) bond motifs is 1. The van der Waals surface area contributed by atoms with E-state index < -0.39 is 0 Å². The summed E-state index contributed by atoms with van der Waals surface area (Å²) in [6, 6.07) is 10.1. The zero-order chi connectivity index (χ0) is 13.2. The fraction of sp³-hybridized carbons (Fsp3) is 0.133. The van der Waals surface area contributed by atoms with E-state index >= 15 is 0 Å². The van der Waals surface area contributed by atoms with Crippen LogP contribution < -0.4 is 4.90 Å². The van der Waals surface area contributed by atoms with Gasteiger partial charge >= 0.3 is 0 Å². The first kappa shape index (κ1) is 11.6. The van der Waals surface area contributed by atoms with Gasteiger partial charge in [-0.1, -0.05) is 12.1 Å². The third-order valence-electron chi connectivity index (χ3n) is 3.02. The third kappa shape index (κ3) is 2.25. The molecule has 0 bridgehead atoms. The van der Waals surface area contributed by atoms with Crippen LogP contribution in [-0.2, 0) is 0 Å². The van der Waals surface area contributed by atoms with Gasteiger partial charge in [0.1, 0.15) is 5.52 Å². The van der Waals surface area contributed by atoms with E-state index in [2.05, 4.69) is 44.1 Å². The second-order valence-corrected chi connectivity index (χ2v) is 4.56. The number of hydrogen-bond donors (Lipinski definition) is 0. The van der Waals surface area contributed by atoms with Crippen LogP contribution in [0.3, 0.4) is 0 Å². The van der Waals surface area contributed by atoms with Gasteiger partial charge in [-0.05, 0) is 18.2 Å². The molecule has 0 spiro atoms. The quantitative estimate of drug-likeness (QED) is 0.701. The van der Waals surface area contributed by atoms with Gasteiger partial charge in [0.05, 0.1) is 23.6 Å². The van der Waals surface area contributed by atoms with Gasteiger partial charge in [0.15, 0.2) is 0 Å². The van der Waals surface area contributed by atoms with Crippen LogP contribution in [0.4, 0.5) is 5.69 Å². The van der Waals surface area contributed by atoms with Gasteiger partial charge in [-0.3, -0.25) is 9.97 Å². The summed E-state index contributed by atoms with van der Waals surface area (Å²) in [7, 11) is 4.05. The van der Waals surface area contributed by atoms with Crippen LogP contribution >= 0.6 is 0 Å². The van der Waals surface area contributed by atoms with Gasteiger partial charge in [0, 0.05) is 31.5 Å². The summed E-state index contributed by atoms with van der Waals surface area (Å²) in [4.78, 5) is 15.1. The Balaban J connectivity index is 2.03. The lowest BCUT2D eigenvalue weighted by atomic mass is 10.1. The Labute approximate surface area is 111 Å². The van der Waals surface area contributed by atoms with Crippen molar-refractivity contribution in [2.75, 3.05) is 19.0 Å². The number of hydrogen-bond acceptors (Lipinski definition) is 4. The minimum atomic E-state index is 0.816. The molecule has 0 aliphatic heterocycles. The largest absolute Gasteiger partial charge is 0.378 e. The highest BCUT2D eigenvalue weighted by molar-refractivity contribution is 5.76. The van der Waals surface area contributed by atoms with Crippen molar-refractivity contribution in [2.24, 2.45) is 0 Å². The third-order valence-corrected chi connectivity index (χ3v) is 3.02. The van der Waals surface area contributed by atoms with Gasteiger partial charge in [-0.25, -0.2) is 4.98 Å². The SMILES string of the molecule is CN(C)c1ccc(-c2cnc3ccncc3n2)cc1. The minimum absolute atomic E-state index is 0.816. The van der Waals surface area contributed by atoms with Crippen LogP contribution in [0.1, 0.15) is 0 Å². The maximum atomic E-state index is 4.58. The summed E-state index contributed by atoms with van der Waals surface area (Å²) in [5.74, 6) is 0. The first-order valence-corrected chi connectivity index (χ1v) is 6.08. The summed E-state index contributed by atoms with van der Waals surface area (Å²) < 4.78 is 0. The van der Waals surface area contributed by atoms with E-state index in [0.717, 1.165) is 22.3 Å². The zero-order valence-corrected chi connectivity index (χ0v) is 10.9. The van der Waals surface area contributed by atoms with Gasteiger partial charge in [-0.2, -0.15) is 0 Å². The number of anilines is 1. The van der Waals surface area contributed by atoms with Crippen molar-refractivity contribution in [3.8, 4) is 11.3 Å². The summed E-state index contributed by atoms with van der Waals surface area (Å²) in [6.07, 6.45) is 5.26. The Morgan fingerprint density at radius 3 is 2.42 bits per heavy atom. The highest BCUT2D eigenvalue weighted by Gasteiger charge is 2.03. The Hall–Kier alpha value is -2.49. The fourth-order valence-corrected chi connectivity index (χ4v) is 1.93. The minimum Gasteiger partial charge on any atom is -0.378 e. The fourth-order valence-electron chi connectivity index (χ4n) is 1.93. The maximum Gasteiger partial charge on any atom is 0.108 e. The molecule has 0 radical (unpaired) electrons. The average Bonchev–Trinajstić information content (AvgIpc) is 2.47. The standard InChI is InChI=1S/C15H14N4/c1-19(2)12-5-3-11(4-6-12)14-10-17-13-7-8-16-9-15(13)18-14/h3-10H,1-2H3. The molecule has 2 aromatic heterocycles. The van der Waals surface area contributed by atoms with E-state index in [1.165, 1.54) is 5.69 Å². The molecule has 0 aliphatic rings. The first-order valence-electron chi connectivity index (χ1n) is 6.08. The summed E-state index contributed by atoms with van der Waals surface area (Å²) in [5.41, 5.74) is 4.77. The van der Waals surface area contributed by atoms with Crippen molar-refractivity contribution in [3.63, 3.8) is 0 Å². The van der Waals surface area contributed by atoms with Crippen LogP contribution in [0.25, 0.3) is 22.3 Å². The molecule has 0 unspecified atom stereocenters. The Morgan fingerprint density at radius 2 is 1.68 bits per heavy atom. The van der Waals surface area contributed by atoms with Gasteiger partial charge in [-0.15, -0.1) is 0 Å². The lowest BCUT2D eigenvalue weighted by molar-refractivity contribution is 1.13. The predicted molar refractivity (Wildman–Crippen MR) is 77.1 cm³/mol. The molecule has 0 amide bonds. The monoisotopic (exact) mass is 250 g/mol. The normalized spacial score (nSPS) is 10.6. The molecule has 1 aromatic carbocycles. The molecule has 4 heteroatoms. The molecule has 19 heavy (non-hydrogen) atoms. The van der Waals surface area contributed by atoms with Crippen molar-refractivity contribution in [1.29, 1.82) is 0 Å². The van der Waals surface area contributed by atoms with Crippen molar-refractivity contribution < 1.29 is 0 Å². The van der Waals surface area contributed by atoms with Crippen LogP contribution in [-0.4, -0.2) is 29.0 Å². The molecule has 2 heterocycles. The van der Waals surface area contributed by atoms with E-state index in [-0.39, 0.29) is 0 Å². The average molecular weight is 250 g/mol. The number of pyridine rings is 1. The van der Waals surface area contributed by atoms with Crippen molar-refractivity contribution in [2.45, 2.75) is 0 Å². The predicted octanol–water partition coefficient (Wildman–Crippen LogP) is 2.76. The van der Waals surface area contributed by atoms with E-state index in [1.807, 2.05) is 20.2 Å². The Morgan fingerprint density at radius 1 is 0.895 bits per heavy atom. The van der Waals surface area contributed by atoms with Crippen molar-refractivity contribution in [1.82, 2.24) is 15.0 Å². The molecule has 0 saturated carbocycles. The van der Waals surface area contributed by atoms with E-state index in [1.54, 1.807) is 18.6 Å². The Kier molecular flexibility index (Phi) is 2.83.